The monoisotopic (exact) mass is 169 g/mol. The molecule has 1 nitrogen and oxygen atoms in total. The fourth-order valence-electron chi connectivity index (χ4n) is 1.93. The van der Waals surface area contributed by atoms with E-state index in [9.17, 15) is 0 Å². The molecule has 0 aromatic rings. The van der Waals surface area contributed by atoms with Crippen LogP contribution in [0.3, 0.4) is 0 Å². The number of hydrogen-bond donors (Lipinski definition) is 0. The van der Waals surface area contributed by atoms with Gasteiger partial charge in [0.15, 0.2) is 0 Å². The largest absolute Gasteiger partial charge is 0.278 e. The minimum atomic E-state index is 0.698. The first-order chi connectivity index (χ1) is 5.40. The molecule has 0 saturated heterocycles. The van der Waals surface area contributed by atoms with E-state index >= 15 is 0 Å². The van der Waals surface area contributed by atoms with Gasteiger partial charge in [0.25, 0.3) is 0 Å². The summed E-state index contributed by atoms with van der Waals surface area (Å²) in [5.74, 6) is 0. The van der Waals surface area contributed by atoms with Crippen molar-refractivity contribution in [2.75, 3.05) is 0 Å². The molecule has 0 unspecified atom stereocenters. The van der Waals surface area contributed by atoms with Gasteiger partial charge in [-0.1, -0.05) is 19.8 Å². The van der Waals surface area contributed by atoms with Crippen LogP contribution in [0.25, 0.3) is 0 Å². The van der Waals surface area contributed by atoms with Gasteiger partial charge in [-0.3, -0.25) is 4.99 Å². The zero-order chi connectivity index (χ0) is 7.68. The molecule has 1 aliphatic carbocycles. The Kier molecular flexibility index (Phi) is 2.21. The van der Waals surface area contributed by atoms with Gasteiger partial charge in [-0.05, 0) is 19.3 Å². The van der Waals surface area contributed by atoms with Crippen molar-refractivity contribution in [3.63, 3.8) is 0 Å². The summed E-state index contributed by atoms with van der Waals surface area (Å²) in [6, 6.07) is 0.698. The number of nitrogens with zero attached hydrogens (tertiary/aromatic N) is 1. The summed E-state index contributed by atoms with van der Waals surface area (Å²) in [6.45, 7) is 2.21. The molecule has 0 spiro atoms. The Bertz CT molecular complexity index is 176. The average Bonchev–Trinajstić information content (AvgIpc) is 2.46. The molecule has 62 valence electrons. The Balaban J connectivity index is 2.02. The van der Waals surface area contributed by atoms with Gasteiger partial charge < -0.3 is 0 Å². The number of thioether (sulfide) groups is 1. The normalized spacial score (nSPS) is 36.6. The number of fused-ring (bicyclic) bond motifs is 1. The Morgan fingerprint density at radius 2 is 2.27 bits per heavy atom. The first-order valence-corrected chi connectivity index (χ1v) is 5.51. The number of rotatable bonds is 1. The first kappa shape index (κ1) is 7.66. The van der Waals surface area contributed by atoms with Crippen molar-refractivity contribution < 1.29 is 0 Å². The van der Waals surface area contributed by atoms with Crippen LogP contribution < -0.4 is 0 Å². The second-order valence-electron chi connectivity index (χ2n) is 3.38. The molecule has 2 heteroatoms. The van der Waals surface area contributed by atoms with Crippen LogP contribution in [0.1, 0.15) is 39.0 Å². The topological polar surface area (TPSA) is 12.4 Å². The van der Waals surface area contributed by atoms with Crippen molar-refractivity contribution in [3.8, 4) is 0 Å². The molecule has 1 saturated carbocycles. The minimum absolute atomic E-state index is 0.698. The van der Waals surface area contributed by atoms with Crippen LogP contribution in [0.2, 0.25) is 0 Å². The molecule has 2 aliphatic rings. The van der Waals surface area contributed by atoms with Crippen LogP contribution in [-0.4, -0.2) is 16.3 Å². The van der Waals surface area contributed by atoms with E-state index in [1.807, 2.05) is 11.8 Å². The summed E-state index contributed by atoms with van der Waals surface area (Å²) >= 11 is 2.04. The van der Waals surface area contributed by atoms with E-state index < -0.39 is 0 Å². The predicted molar refractivity (Wildman–Crippen MR) is 51.4 cm³/mol. The maximum Gasteiger partial charge on any atom is 0.0680 e. The second kappa shape index (κ2) is 3.18. The molecule has 11 heavy (non-hydrogen) atoms. The predicted octanol–water partition coefficient (Wildman–Crippen LogP) is 2.85. The lowest BCUT2D eigenvalue weighted by atomic mass is 9.95. The summed E-state index contributed by atoms with van der Waals surface area (Å²) in [6.07, 6.45) is 6.74. The van der Waals surface area contributed by atoms with Gasteiger partial charge in [0.2, 0.25) is 0 Å². The van der Waals surface area contributed by atoms with Crippen LogP contribution in [0.4, 0.5) is 0 Å². The minimum Gasteiger partial charge on any atom is -0.278 e. The van der Waals surface area contributed by atoms with E-state index in [0.717, 1.165) is 11.7 Å². The van der Waals surface area contributed by atoms with E-state index in [-0.39, 0.29) is 0 Å². The molecule has 1 heterocycles. The maximum atomic E-state index is 4.71. The summed E-state index contributed by atoms with van der Waals surface area (Å²) in [7, 11) is 0. The van der Waals surface area contributed by atoms with Crippen molar-refractivity contribution in [3.05, 3.63) is 0 Å². The number of aliphatic imine (C=N–C) groups is 1. The third-order valence-electron chi connectivity index (χ3n) is 2.57. The molecule has 2 atom stereocenters. The van der Waals surface area contributed by atoms with Crippen molar-refractivity contribution in [2.24, 2.45) is 4.99 Å². The van der Waals surface area contributed by atoms with Crippen LogP contribution in [-0.2, 0) is 0 Å². The Hall–Kier alpha value is 0.0200. The van der Waals surface area contributed by atoms with E-state index in [0.29, 0.717) is 6.04 Å². The highest BCUT2D eigenvalue weighted by Crippen LogP contribution is 2.37. The van der Waals surface area contributed by atoms with Crippen molar-refractivity contribution in [2.45, 2.75) is 50.3 Å². The van der Waals surface area contributed by atoms with Gasteiger partial charge in [-0.25, -0.2) is 0 Å². The third-order valence-corrected chi connectivity index (χ3v) is 4.09. The van der Waals surface area contributed by atoms with Crippen molar-refractivity contribution in [1.29, 1.82) is 0 Å². The molecule has 0 aromatic heterocycles. The zero-order valence-electron chi connectivity index (χ0n) is 7.05. The summed E-state index contributed by atoms with van der Waals surface area (Å²) in [5, 5.41) is 2.26. The quantitative estimate of drug-likeness (QED) is 0.588. The lowest BCUT2D eigenvalue weighted by Crippen LogP contribution is -2.21. The van der Waals surface area contributed by atoms with Gasteiger partial charge >= 0.3 is 0 Å². The van der Waals surface area contributed by atoms with E-state index in [1.54, 1.807) is 0 Å². The lowest BCUT2D eigenvalue weighted by molar-refractivity contribution is 0.461. The summed E-state index contributed by atoms with van der Waals surface area (Å²) in [4.78, 5) is 4.71. The second-order valence-corrected chi connectivity index (χ2v) is 4.70. The smallest absolute Gasteiger partial charge is 0.0680 e. The summed E-state index contributed by atoms with van der Waals surface area (Å²) in [5.41, 5.74) is 0. The first-order valence-electron chi connectivity index (χ1n) is 4.63. The van der Waals surface area contributed by atoms with E-state index in [1.165, 1.54) is 30.7 Å². The molecule has 1 fully saturated rings. The number of hydrogen-bond acceptors (Lipinski definition) is 2. The lowest BCUT2D eigenvalue weighted by Gasteiger charge is -2.21. The van der Waals surface area contributed by atoms with Crippen LogP contribution in [0, 0.1) is 0 Å². The Labute approximate surface area is 72.7 Å². The molecular weight excluding hydrogens is 154 g/mol. The Morgan fingerprint density at radius 3 is 3.00 bits per heavy atom. The highest BCUT2D eigenvalue weighted by Gasteiger charge is 2.30. The van der Waals surface area contributed by atoms with E-state index in [2.05, 4.69) is 6.92 Å². The highest BCUT2D eigenvalue weighted by atomic mass is 32.2. The molecule has 1 aliphatic heterocycles. The molecule has 0 radical (unpaired) electrons. The standard InChI is InChI=1S/C9H15NS/c1-2-9-10-7-5-3-4-6-8(7)11-9/h7-8H,2-6H2,1H3/t7-,8+/m0/s1. The third kappa shape index (κ3) is 1.46. The molecule has 0 aromatic carbocycles. The highest BCUT2D eigenvalue weighted by molar-refractivity contribution is 8.14. The van der Waals surface area contributed by atoms with E-state index in [4.69, 9.17) is 4.99 Å². The average molecular weight is 169 g/mol. The van der Waals surface area contributed by atoms with Gasteiger partial charge in [-0.2, -0.15) is 0 Å². The van der Waals surface area contributed by atoms with Crippen LogP contribution in [0.5, 0.6) is 0 Å². The Morgan fingerprint density at radius 1 is 1.45 bits per heavy atom. The molecule has 0 bridgehead atoms. The fraction of sp³-hybridized carbons (Fsp3) is 0.889. The van der Waals surface area contributed by atoms with Gasteiger partial charge in [0, 0.05) is 5.25 Å². The SMILES string of the molecule is CCC1=N[C@H]2CCCC[C@H]2S1. The zero-order valence-corrected chi connectivity index (χ0v) is 7.86. The maximum absolute atomic E-state index is 4.71. The fourth-order valence-corrected chi connectivity index (χ4v) is 3.28. The van der Waals surface area contributed by atoms with Gasteiger partial charge in [-0.15, -0.1) is 11.8 Å². The van der Waals surface area contributed by atoms with Crippen molar-refractivity contribution in [1.82, 2.24) is 0 Å². The van der Waals surface area contributed by atoms with Gasteiger partial charge in [0.05, 0.1) is 11.1 Å². The van der Waals surface area contributed by atoms with Crippen molar-refractivity contribution >= 4 is 16.8 Å². The molecule has 0 amide bonds. The molecule has 2 rings (SSSR count). The van der Waals surface area contributed by atoms with Crippen LogP contribution in [0.15, 0.2) is 4.99 Å². The molecule has 0 N–H and O–H groups in total. The van der Waals surface area contributed by atoms with Crippen LogP contribution >= 0.6 is 11.8 Å². The van der Waals surface area contributed by atoms with Gasteiger partial charge in [0.1, 0.15) is 0 Å². The molecular formula is C9H15NS. The summed E-state index contributed by atoms with van der Waals surface area (Å²) < 4.78 is 0.